The zero-order chi connectivity index (χ0) is 14.1. The molecule has 0 spiro atoms. The van der Waals surface area contributed by atoms with Crippen molar-refractivity contribution in [1.29, 1.82) is 0 Å². The van der Waals surface area contributed by atoms with E-state index in [0.29, 0.717) is 0 Å². The number of aryl methyl sites for hydroxylation is 1. The first-order valence-corrected chi connectivity index (χ1v) is 6.67. The molecule has 0 aliphatic carbocycles. The molecule has 0 aliphatic heterocycles. The molecule has 1 aromatic rings. The Morgan fingerprint density at radius 1 is 1.44 bits per heavy atom. The lowest BCUT2D eigenvalue weighted by molar-refractivity contribution is -0.122. The van der Waals surface area contributed by atoms with Gasteiger partial charge in [-0.25, -0.2) is 0 Å². The van der Waals surface area contributed by atoms with E-state index in [9.17, 15) is 4.79 Å². The largest absolute Gasteiger partial charge is 0.322 e. The van der Waals surface area contributed by atoms with Crippen LogP contribution in [-0.4, -0.2) is 21.6 Å². The average Bonchev–Trinajstić information content (AvgIpc) is 2.56. The molecule has 0 saturated carbocycles. The molecule has 102 valence electrons. The monoisotopic (exact) mass is 271 g/mol. The van der Waals surface area contributed by atoms with Crippen LogP contribution in [0.2, 0.25) is 0 Å². The molecule has 5 heteroatoms. The molecule has 0 aromatic carbocycles. The van der Waals surface area contributed by atoms with Crippen LogP contribution in [0.5, 0.6) is 0 Å². The van der Waals surface area contributed by atoms with Crippen molar-refractivity contribution in [2.75, 3.05) is 11.2 Å². The lowest BCUT2D eigenvalue weighted by atomic mass is 9.95. The van der Waals surface area contributed by atoms with E-state index in [0.717, 1.165) is 17.1 Å². The van der Waals surface area contributed by atoms with Crippen LogP contribution in [0.1, 0.15) is 45.1 Å². The van der Waals surface area contributed by atoms with E-state index in [1.807, 2.05) is 32.4 Å². The van der Waals surface area contributed by atoms with Crippen molar-refractivity contribution < 1.29 is 4.79 Å². The summed E-state index contributed by atoms with van der Waals surface area (Å²) in [6.07, 6.45) is 0. The molecule has 18 heavy (non-hydrogen) atoms. The molecule has 1 rings (SSSR count). The normalized spacial score (nSPS) is 12.0. The summed E-state index contributed by atoms with van der Waals surface area (Å²) in [6, 6.07) is 0.274. The van der Waals surface area contributed by atoms with Crippen molar-refractivity contribution in [2.24, 2.45) is 5.41 Å². The highest BCUT2D eigenvalue weighted by molar-refractivity contribution is 6.20. The van der Waals surface area contributed by atoms with Crippen molar-refractivity contribution in [3.63, 3.8) is 0 Å². The number of nitrogens with zero attached hydrogens (tertiary/aromatic N) is 2. The fraction of sp³-hybridized carbons (Fsp3) is 0.692. The van der Waals surface area contributed by atoms with Crippen molar-refractivity contribution in [2.45, 2.75) is 47.6 Å². The topological polar surface area (TPSA) is 46.9 Å². The maximum Gasteiger partial charge on any atom is 0.231 e. The van der Waals surface area contributed by atoms with E-state index in [2.05, 4.69) is 24.3 Å². The number of amides is 1. The number of rotatable bonds is 4. The molecular weight excluding hydrogens is 250 g/mol. The van der Waals surface area contributed by atoms with Crippen LogP contribution < -0.4 is 5.32 Å². The van der Waals surface area contributed by atoms with E-state index in [-0.39, 0.29) is 17.8 Å². The molecule has 4 nitrogen and oxygen atoms in total. The fourth-order valence-corrected chi connectivity index (χ4v) is 1.81. The summed E-state index contributed by atoms with van der Waals surface area (Å²) >= 11 is 5.81. The van der Waals surface area contributed by atoms with Crippen molar-refractivity contribution >= 4 is 23.2 Å². The molecule has 0 unspecified atom stereocenters. The summed E-state index contributed by atoms with van der Waals surface area (Å²) in [6.45, 7) is 11.6. The Kier molecular flexibility index (Phi) is 4.43. The van der Waals surface area contributed by atoms with Gasteiger partial charge in [0.25, 0.3) is 0 Å². The van der Waals surface area contributed by atoms with Crippen LogP contribution in [-0.2, 0) is 4.79 Å². The third-order valence-corrected chi connectivity index (χ3v) is 3.67. The van der Waals surface area contributed by atoms with Crippen LogP contribution in [0.15, 0.2) is 0 Å². The van der Waals surface area contributed by atoms with E-state index in [1.54, 1.807) is 0 Å². The Bertz CT molecular complexity index is 449. The molecule has 0 saturated heterocycles. The predicted molar refractivity (Wildman–Crippen MR) is 75.2 cm³/mol. The molecule has 0 fully saturated rings. The molecule has 1 aromatic heterocycles. The molecule has 1 N–H and O–H groups in total. The molecular formula is C13H22ClN3O. The van der Waals surface area contributed by atoms with Crippen molar-refractivity contribution in [3.05, 3.63) is 11.4 Å². The standard InChI is InChI=1S/C13H22ClN3O/c1-8(2)17-10(4)11(9(3)16-17)15-12(18)13(5,6)7-14/h8H,7H2,1-6H3,(H,15,18). The van der Waals surface area contributed by atoms with Gasteiger partial charge in [0.1, 0.15) is 0 Å². The Balaban J connectivity index is 3.03. The highest BCUT2D eigenvalue weighted by atomic mass is 35.5. The second-order valence-corrected chi connectivity index (χ2v) is 5.82. The number of hydrogen-bond acceptors (Lipinski definition) is 2. The number of nitrogens with one attached hydrogen (secondary N) is 1. The van der Waals surface area contributed by atoms with Gasteiger partial charge in [-0.1, -0.05) is 0 Å². The van der Waals surface area contributed by atoms with Crippen LogP contribution >= 0.6 is 11.6 Å². The van der Waals surface area contributed by atoms with Crippen molar-refractivity contribution in [1.82, 2.24) is 9.78 Å². The second kappa shape index (κ2) is 5.31. The Labute approximate surface area is 114 Å². The Morgan fingerprint density at radius 2 is 2.00 bits per heavy atom. The van der Waals surface area contributed by atoms with Gasteiger partial charge in [0.15, 0.2) is 0 Å². The summed E-state index contributed by atoms with van der Waals surface area (Å²) in [5.74, 6) is 0.210. The van der Waals surface area contributed by atoms with Gasteiger partial charge in [0.2, 0.25) is 5.91 Å². The maximum atomic E-state index is 12.1. The van der Waals surface area contributed by atoms with Crippen LogP contribution in [0.3, 0.4) is 0 Å². The minimum absolute atomic E-state index is 0.0768. The number of aromatic nitrogens is 2. The van der Waals surface area contributed by atoms with Crippen LogP contribution in [0, 0.1) is 19.3 Å². The van der Waals surface area contributed by atoms with Gasteiger partial charge in [-0.3, -0.25) is 9.48 Å². The van der Waals surface area contributed by atoms with Gasteiger partial charge >= 0.3 is 0 Å². The van der Waals surface area contributed by atoms with Gasteiger partial charge in [-0.15, -0.1) is 11.6 Å². The lowest BCUT2D eigenvalue weighted by Crippen LogP contribution is -2.32. The lowest BCUT2D eigenvalue weighted by Gasteiger charge is -2.20. The Morgan fingerprint density at radius 3 is 2.39 bits per heavy atom. The highest BCUT2D eigenvalue weighted by Gasteiger charge is 2.28. The molecule has 0 atom stereocenters. The predicted octanol–water partition coefficient (Wildman–Crippen LogP) is 3.28. The summed E-state index contributed by atoms with van der Waals surface area (Å²) in [4.78, 5) is 12.1. The zero-order valence-corrected chi connectivity index (χ0v) is 12.7. The smallest absolute Gasteiger partial charge is 0.231 e. The molecule has 0 aliphatic rings. The minimum Gasteiger partial charge on any atom is -0.322 e. The first-order valence-electron chi connectivity index (χ1n) is 6.14. The average molecular weight is 272 g/mol. The first-order chi connectivity index (χ1) is 8.20. The summed E-state index contributed by atoms with van der Waals surface area (Å²) < 4.78 is 1.92. The summed E-state index contributed by atoms with van der Waals surface area (Å²) in [5, 5.41) is 7.38. The number of carbonyl (C=O) groups is 1. The number of anilines is 1. The van der Waals surface area contributed by atoms with Gasteiger partial charge in [-0.05, 0) is 41.5 Å². The fourth-order valence-electron chi connectivity index (χ4n) is 1.69. The first kappa shape index (κ1) is 15.0. The van der Waals surface area contributed by atoms with E-state index < -0.39 is 5.41 Å². The summed E-state index contributed by atoms with van der Waals surface area (Å²) in [5.41, 5.74) is 2.02. The number of hydrogen-bond donors (Lipinski definition) is 1. The van der Waals surface area contributed by atoms with Gasteiger partial charge in [0.05, 0.1) is 22.5 Å². The van der Waals surface area contributed by atoms with Crippen molar-refractivity contribution in [3.8, 4) is 0 Å². The highest BCUT2D eigenvalue weighted by Crippen LogP contribution is 2.26. The second-order valence-electron chi connectivity index (χ2n) is 5.56. The number of alkyl halides is 1. The third kappa shape index (κ3) is 2.86. The Hall–Kier alpha value is -1.03. The molecule has 1 heterocycles. The van der Waals surface area contributed by atoms with Gasteiger partial charge < -0.3 is 5.32 Å². The molecule has 0 radical (unpaired) electrons. The van der Waals surface area contributed by atoms with Crippen LogP contribution in [0.25, 0.3) is 0 Å². The van der Waals surface area contributed by atoms with Gasteiger partial charge in [0, 0.05) is 11.9 Å². The van der Waals surface area contributed by atoms with E-state index in [4.69, 9.17) is 11.6 Å². The van der Waals surface area contributed by atoms with Gasteiger partial charge in [-0.2, -0.15) is 5.10 Å². The molecule has 1 amide bonds. The quantitative estimate of drug-likeness (QED) is 0.855. The minimum atomic E-state index is -0.583. The van der Waals surface area contributed by atoms with Crippen LogP contribution in [0.4, 0.5) is 5.69 Å². The maximum absolute atomic E-state index is 12.1. The van der Waals surface area contributed by atoms with E-state index >= 15 is 0 Å². The SMILES string of the molecule is Cc1nn(C(C)C)c(C)c1NC(=O)C(C)(C)CCl. The number of carbonyl (C=O) groups excluding carboxylic acids is 1. The number of halogens is 1. The third-order valence-electron chi connectivity index (χ3n) is 3.00. The molecule has 0 bridgehead atoms. The summed E-state index contributed by atoms with van der Waals surface area (Å²) in [7, 11) is 0. The van der Waals surface area contributed by atoms with E-state index in [1.165, 1.54) is 0 Å². The zero-order valence-electron chi connectivity index (χ0n) is 12.0.